The second-order valence-electron chi connectivity index (χ2n) is 9.11. The molecular weight excluding hydrogens is 358 g/mol. The number of aliphatic hydroxyl groups excluding tert-OH is 2. The first-order valence-electron chi connectivity index (χ1n) is 9.64. The van der Waals surface area contributed by atoms with Crippen LogP contribution < -0.4 is 0 Å². The van der Waals surface area contributed by atoms with E-state index < -0.39 is 39.7 Å². The van der Waals surface area contributed by atoms with E-state index in [0.29, 0.717) is 25.2 Å². The molecule has 4 rings (SSSR count). The van der Waals surface area contributed by atoms with Gasteiger partial charge in [-0.25, -0.2) is 12.7 Å². The van der Waals surface area contributed by atoms with E-state index in [4.69, 9.17) is 4.74 Å². The van der Waals surface area contributed by atoms with E-state index in [1.807, 2.05) is 0 Å². The molecule has 2 heterocycles. The van der Waals surface area contributed by atoms with Crippen LogP contribution in [0.15, 0.2) is 0 Å². The van der Waals surface area contributed by atoms with Crippen LogP contribution in [0.2, 0.25) is 0 Å². The number of carbonyl (C=O) groups is 1. The smallest absolute Gasteiger partial charge is 0.267 e. The Morgan fingerprint density at radius 3 is 2.69 bits per heavy atom. The van der Waals surface area contributed by atoms with E-state index >= 15 is 0 Å². The number of carbonyl (C=O) groups excluding carboxylic acids is 1. The molecule has 6 atom stereocenters. The average molecular weight is 387 g/mol. The Kier molecular flexibility index (Phi) is 4.23. The molecule has 2 N–H and O–H groups in total. The maximum atomic E-state index is 13.0. The standard InChI is InChI=1S/C18H29NO6S/c1-17(2)11-6-7-18(17)10-26(23,24)19(14(18)8-11)16(22)15(21)13-5-3-4-12(9-20)25-13/h11-15,20-21H,3-10H2,1-2H3/t11-,12+,13-,14-,15+,18-/m1/s1. The van der Waals surface area contributed by atoms with E-state index in [0.717, 1.165) is 23.6 Å². The van der Waals surface area contributed by atoms with Crippen LogP contribution >= 0.6 is 0 Å². The molecule has 0 radical (unpaired) electrons. The summed E-state index contributed by atoms with van der Waals surface area (Å²) in [5.41, 5.74) is -0.513. The fraction of sp³-hybridized carbons (Fsp3) is 0.944. The summed E-state index contributed by atoms with van der Waals surface area (Å²) in [6.45, 7) is 4.09. The van der Waals surface area contributed by atoms with Crippen molar-refractivity contribution < 1.29 is 28.2 Å². The number of nitrogens with zero attached hydrogens (tertiary/aromatic N) is 1. The Labute approximate surface area is 154 Å². The number of hydrogen-bond donors (Lipinski definition) is 2. The molecule has 148 valence electrons. The lowest BCUT2D eigenvalue weighted by Crippen LogP contribution is -2.52. The van der Waals surface area contributed by atoms with E-state index in [2.05, 4.69) is 13.8 Å². The fourth-order valence-electron chi connectivity index (χ4n) is 6.17. The van der Waals surface area contributed by atoms with Crippen molar-refractivity contribution in [2.24, 2.45) is 16.7 Å². The number of rotatable bonds is 3. The zero-order valence-electron chi connectivity index (χ0n) is 15.4. The van der Waals surface area contributed by atoms with Crippen molar-refractivity contribution in [3.8, 4) is 0 Å². The van der Waals surface area contributed by atoms with Gasteiger partial charge >= 0.3 is 0 Å². The van der Waals surface area contributed by atoms with Gasteiger partial charge in [-0.05, 0) is 49.9 Å². The van der Waals surface area contributed by atoms with Crippen molar-refractivity contribution in [2.75, 3.05) is 12.4 Å². The summed E-state index contributed by atoms with van der Waals surface area (Å²) in [5.74, 6) is -0.337. The number of aliphatic hydroxyl groups is 2. The summed E-state index contributed by atoms with van der Waals surface area (Å²) in [7, 11) is -3.74. The van der Waals surface area contributed by atoms with Crippen molar-refractivity contribution in [3.63, 3.8) is 0 Å². The summed E-state index contributed by atoms with van der Waals surface area (Å²) in [5, 5.41) is 19.9. The molecule has 1 amide bonds. The predicted octanol–water partition coefficient (Wildman–Crippen LogP) is 0.644. The van der Waals surface area contributed by atoms with Crippen molar-refractivity contribution in [1.29, 1.82) is 0 Å². The highest BCUT2D eigenvalue weighted by Crippen LogP contribution is 2.70. The minimum atomic E-state index is -3.74. The van der Waals surface area contributed by atoms with Gasteiger partial charge < -0.3 is 14.9 Å². The number of ether oxygens (including phenoxy) is 1. The van der Waals surface area contributed by atoms with Gasteiger partial charge in [-0.15, -0.1) is 0 Å². The molecule has 2 saturated heterocycles. The van der Waals surface area contributed by atoms with E-state index in [1.165, 1.54) is 0 Å². The van der Waals surface area contributed by atoms with Crippen LogP contribution in [0.1, 0.15) is 52.4 Å². The second kappa shape index (κ2) is 5.90. The maximum Gasteiger partial charge on any atom is 0.267 e. The third-order valence-electron chi connectivity index (χ3n) is 7.82. The zero-order valence-corrected chi connectivity index (χ0v) is 16.2. The molecular formula is C18H29NO6S. The van der Waals surface area contributed by atoms with Crippen molar-refractivity contribution in [3.05, 3.63) is 0 Å². The monoisotopic (exact) mass is 387 g/mol. The molecule has 2 bridgehead atoms. The van der Waals surface area contributed by atoms with Gasteiger partial charge in [0.1, 0.15) is 0 Å². The predicted molar refractivity (Wildman–Crippen MR) is 93.6 cm³/mol. The lowest BCUT2D eigenvalue weighted by molar-refractivity contribution is -0.158. The summed E-state index contributed by atoms with van der Waals surface area (Å²) >= 11 is 0. The van der Waals surface area contributed by atoms with Crippen LogP contribution in [-0.4, -0.2) is 65.6 Å². The molecule has 0 aromatic carbocycles. The SMILES string of the molecule is CC1(C)[C@@H]2CC[C@]13CS(=O)(=O)N(C(=O)[C@@H](O)[C@H]1CCC[C@@H](CO)O1)[C@@H]3C2. The normalized spacial score (nSPS) is 44.1. The first kappa shape index (κ1) is 18.7. The Morgan fingerprint density at radius 2 is 2.04 bits per heavy atom. The van der Waals surface area contributed by atoms with E-state index in [9.17, 15) is 23.4 Å². The van der Waals surface area contributed by atoms with Crippen LogP contribution in [0.3, 0.4) is 0 Å². The number of hydrogen-bond acceptors (Lipinski definition) is 6. The van der Waals surface area contributed by atoms with Gasteiger partial charge in [0, 0.05) is 5.41 Å². The van der Waals surface area contributed by atoms with Crippen LogP contribution in [0.4, 0.5) is 0 Å². The largest absolute Gasteiger partial charge is 0.394 e. The molecule has 4 fully saturated rings. The zero-order chi connectivity index (χ0) is 18.9. The third kappa shape index (κ3) is 2.34. The van der Waals surface area contributed by atoms with Gasteiger partial charge in [0.15, 0.2) is 6.10 Å². The molecule has 0 unspecified atom stereocenters. The quantitative estimate of drug-likeness (QED) is 0.737. The number of amides is 1. The fourth-order valence-corrected chi connectivity index (χ4v) is 8.72. The summed E-state index contributed by atoms with van der Waals surface area (Å²) in [6.07, 6.45) is 1.75. The average Bonchev–Trinajstić information content (AvgIpc) is 3.08. The molecule has 26 heavy (non-hydrogen) atoms. The van der Waals surface area contributed by atoms with E-state index in [-0.39, 0.29) is 23.8 Å². The molecule has 7 nitrogen and oxygen atoms in total. The van der Waals surface area contributed by atoms with Gasteiger partial charge in [0.05, 0.1) is 30.6 Å². The van der Waals surface area contributed by atoms with Crippen molar-refractivity contribution in [2.45, 2.75) is 76.7 Å². The molecule has 4 aliphatic rings. The van der Waals surface area contributed by atoms with E-state index in [1.54, 1.807) is 0 Å². The number of sulfonamides is 1. The second-order valence-corrected chi connectivity index (χ2v) is 11.0. The highest BCUT2D eigenvalue weighted by Gasteiger charge is 2.72. The highest BCUT2D eigenvalue weighted by atomic mass is 32.2. The minimum Gasteiger partial charge on any atom is -0.394 e. The molecule has 8 heteroatoms. The molecule has 2 aliphatic heterocycles. The van der Waals surface area contributed by atoms with Crippen molar-refractivity contribution >= 4 is 15.9 Å². The molecule has 0 aromatic heterocycles. The summed E-state index contributed by atoms with van der Waals surface area (Å²) < 4.78 is 32.4. The van der Waals surface area contributed by atoms with Crippen LogP contribution in [0.25, 0.3) is 0 Å². The van der Waals surface area contributed by atoms with Gasteiger partial charge in [0.2, 0.25) is 10.0 Å². The third-order valence-corrected chi connectivity index (χ3v) is 9.73. The maximum absolute atomic E-state index is 13.0. The van der Waals surface area contributed by atoms with Gasteiger partial charge in [-0.1, -0.05) is 13.8 Å². The number of fused-ring (bicyclic) bond motifs is 1. The van der Waals surface area contributed by atoms with Gasteiger partial charge in [-0.2, -0.15) is 0 Å². The van der Waals surface area contributed by atoms with Gasteiger partial charge in [0.25, 0.3) is 5.91 Å². The Balaban J connectivity index is 1.60. The summed E-state index contributed by atoms with van der Waals surface area (Å²) in [6, 6.07) is -0.347. The first-order valence-corrected chi connectivity index (χ1v) is 11.3. The van der Waals surface area contributed by atoms with Crippen LogP contribution in [-0.2, 0) is 19.6 Å². The lowest BCUT2D eigenvalue weighted by atomic mass is 9.69. The molecule has 0 aromatic rings. The molecule has 1 spiro atoms. The van der Waals surface area contributed by atoms with Crippen molar-refractivity contribution in [1.82, 2.24) is 4.31 Å². The lowest BCUT2D eigenvalue weighted by Gasteiger charge is -2.38. The van der Waals surface area contributed by atoms with Crippen LogP contribution in [0, 0.1) is 16.7 Å². The molecule has 2 aliphatic carbocycles. The minimum absolute atomic E-state index is 0.00256. The van der Waals surface area contributed by atoms with Gasteiger partial charge in [-0.3, -0.25) is 4.79 Å². The topological polar surface area (TPSA) is 104 Å². The Bertz CT molecular complexity index is 706. The summed E-state index contributed by atoms with van der Waals surface area (Å²) in [4.78, 5) is 13.0. The Hall–Kier alpha value is -0.700. The molecule has 2 saturated carbocycles. The van der Waals surface area contributed by atoms with Crippen LogP contribution in [0.5, 0.6) is 0 Å². The highest BCUT2D eigenvalue weighted by molar-refractivity contribution is 7.90. The Morgan fingerprint density at radius 1 is 1.31 bits per heavy atom. The first-order chi connectivity index (χ1) is 12.1.